The van der Waals surface area contributed by atoms with Gasteiger partial charge in [0, 0.05) is 6.04 Å². The molecular formula is C11H19N. The predicted molar refractivity (Wildman–Crippen MR) is 52.8 cm³/mol. The predicted octanol–water partition coefficient (Wildman–Crippen LogP) is 2.03. The molecule has 1 fully saturated rings. The molecule has 1 aliphatic rings. The smallest absolute Gasteiger partial charge is 0.0712 e. The van der Waals surface area contributed by atoms with Gasteiger partial charge in [-0.05, 0) is 24.7 Å². The summed E-state index contributed by atoms with van der Waals surface area (Å²) < 4.78 is 0. The summed E-state index contributed by atoms with van der Waals surface area (Å²) in [5, 5.41) is 3.50. The number of rotatable bonds is 3. The lowest BCUT2D eigenvalue weighted by molar-refractivity contribution is 0.221. The molecule has 1 rings (SSSR count). The first-order valence-electron chi connectivity index (χ1n) is 4.85. The highest BCUT2D eigenvalue weighted by Crippen LogP contribution is 2.27. The number of hydrogen-bond donors (Lipinski definition) is 1. The minimum Gasteiger partial charge on any atom is -0.301 e. The van der Waals surface area contributed by atoms with Gasteiger partial charge in [0.25, 0.3) is 0 Å². The Morgan fingerprint density at radius 3 is 2.33 bits per heavy atom. The third kappa shape index (κ3) is 2.25. The summed E-state index contributed by atoms with van der Waals surface area (Å²) in [6, 6.07) is 0.950. The zero-order valence-corrected chi connectivity index (χ0v) is 8.30. The van der Waals surface area contributed by atoms with Crippen LogP contribution in [0.4, 0.5) is 0 Å². The molecule has 0 aromatic rings. The summed E-state index contributed by atoms with van der Waals surface area (Å²) >= 11 is 0. The molecule has 0 aliphatic heterocycles. The van der Waals surface area contributed by atoms with Crippen molar-refractivity contribution in [3.05, 3.63) is 0 Å². The Balaban J connectivity index is 2.25. The van der Waals surface area contributed by atoms with E-state index >= 15 is 0 Å². The Hall–Kier alpha value is -0.480. The molecule has 1 saturated carbocycles. The van der Waals surface area contributed by atoms with Crippen molar-refractivity contribution in [1.82, 2.24) is 5.32 Å². The molecule has 1 N–H and O–H groups in total. The molecule has 1 nitrogen and oxygen atoms in total. The van der Waals surface area contributed by atoms with Crippen LogP contribution in [0.2, 0.25) is 0 Å². The zero-order valence-electron chi connectivity index (χ0n) is 8.30. The zero-order chi connectivity index (χ0) is 9.14. The largest absolute Gasteiger partial charge is 0.301 e. The van der Waals surface area contributed by atoms with Crippen molar-refractivity contribution in [3.63, 3.8) is 0 Å². The van der Waals surface area contributed by atoms with E-state index in [1.807, 2.05) is 0 Å². The van der Waals surface area contributed by atoms with E-state index in [0.717, 1.165) is 5.92 Å². The molecule has 12 heavy (non-hydrogen) atoms. The molecule has 0 radical (unpaired) electrons. The van der Waals surface area contributed by atoms with Crippen molar-refractivity contribution in [2.24, 2.45) is 11.8 Å². The first kappa shape index (κ1) is 9.61. The van der Waals surface area contributed by atoms with Crippen LogP contribution in [0.5, 0.6) is 0 Å². The quantitative estimate of drug-likeness (QED) is 0.631. The van der Waals surface area contributed by atoms with Crippen molar-refractivity contribution in [2.75, 3.05) is 0 Å². The highest BCUT2D eigenvalue weighted by molar-refractivity contribution is 5.02. The third-order valence-electron chi connectivity index (χ3n) is 2.64. The lowest BCUT2D eigenvalue weighted by Gasteiger charge is -2.36. The number of nitrogens with one attached hydrogen (secondary N) is 1. The van der Waals surface area contributed by atoms with Crippen LogP contribution in [0, 0.1) is 24.2 Å². The van der Waals surface area contributed by atoms with Gasteiger partial charge in [-0.2, -0.15) is 0 Å². The molecule has 0 aromatic carbocycles. The van der Waals surface area contributed by atoms with Gasteiger partial charge < -0.3 is 5.32 Å². The van der Waals surface area contributed by atoms with Crippen LogP contribution in [0.3, 0.4) is 0 Å². The molecule has 0 aromatic heterocycles. The second-order valence-corrected chi connectivity index (χ2v) is 4.33. The molecule has 1 unspecified atom stereocenters. The Morgan fingerprint density at radius 2 is 2.00 bits per heavy atom. The molecular weight excluding hydrogens is 146 g/mol. The summed E-state index contributed by atoms with van der Waals surface area (Å²) in [6.07, 6.45) is 8.02. The highest BCUT2D eigenvalue weighted by atomic mass is 15.0. The molecule has 1 aliphatic carbocycles. The molecule has 0 heterocycles. The third-order valence-corrected chi connectivity index (χ3v) is 2.64. The van der Waals surface area contributed by atoms with E-state index in [4.69, 9.17) is 6.42 Å². The molecule has 1 heteroatoms. The van der Waals surface area contributed by atoms with E-state index in [-0.39, 0.29) is 6.04 Å². The van der Waals surface area contributed by atoms with Crippen molar-refractivity contribution < 1.29 is 0 Å². The minimum absolute atomic E-state index is 0.266. The summed E-state index contributed by atoms with van der Waals surface area (Å²) in [4.78, 5) is 0. The van der Waals surface area contributed by atoms with E-state index in [1.165, 1.54) is 12.8 Å². The molecule has 0 bridgehead atoms. The molecule has 0 amide bonds. The second-order valence-electron chi connectivity index (χ2n) is 4.33. The van der Waals surface area contributed by atoms with Gasteiger partial charge in [-0.25, -0.2) is 0 Å². The molecule has 0 spiro atoms. The van der Waals surface area contributed by atoms with Gasteiger partial charge in [0.1, 0.15) is 0 Å². The topological polar surface area (TPSA) is 12.0 Å². The van der Waals surface area contributed by atoms with Gasteiger partial charge >= 0.3 is 0 Å². The van der Waals surface area contributed by atoms with Crippen molar-refractivity contribution in [3.8, 4) is 12.3 Å². The summed E-state index contributed by atoms with van der Waals surface area (Å²) in [7, 11) is 0. The van der Waals surface area contributed by atoms with Gasteiger partial charge in [-0.1, -0.05) is 26.7 Å². The maximum absolute atomic E-state index is 5.42. The molecule has 68 valence electrons. The van der Waals surface area contributed by atoms with Crippen LogP contribution < -0.4 is 5.32 Å². The van der Waals surface area contributed by atoms with Gasteiger partial charge in [0.15, 0.2) is 0 Å². The van der Waals surface area contributed by atoms with Crippen molar-refractivity contribution >= 4 is 0 Å². The molecule has 0 saturated heterocycles. The Labute approximate surface area is 75.9 Å². The standard InChI is InChI=1S/C11H19N/c1-5-11(8(2)3)12-10-6-9(4)7-10/h1,8-12H,6-7H2,2-4H3. The lowest BCUT2D eigenvalue weighted by Crippen LogP contribution is -2.46. The Bertz CT molecular complexity index is 172. The van der Waals surface area contributed by atoms with Crippen LogP contribution >= 0.6 is 0 Å². The fourth-order valence-electron chi connectivity index (χ4n) is 1.73. The first-order chi connectivity index (χ1) is 5.63. The minimum atomic E-state index is 0.266. The summed E-state index contributed by atoms with van der Waals surface area (Å²) in [6.45, 7) is 6.62. The monoisotopic (exact) mass is 165 g/mol. The summed E-state index contributed by atoms with van der Waals surface area (Å²) in [5.74, 6) is 4.25. The fraction of sp³-hybridized carbons (Fsp3) is 0.818. The highest BCUT2D eigenvalue weighted by Gasteiger charge is 2.27. The fourth-order valence-corrected chi connectivity index (χ4v) is 1.73. The van der Waals surface area contributed by atoms with E-state index in [1.54, 1.807) is 0 Å². The van der Waals surface area contributed by atoms with E-state index < -0.39 is 0 Å². The van der Waals surface area contributed by atoms with E-state index in [2.05, 4.69) is 32.0 Å². The van der Waals surface area contributed by atoms with Gasteiger partial charge in [0.2, 0.25) is 0 Å². The van der Waals surface area contributed by atoms with Crippen molar-refractivity contribution in [2.45, 2.75) is 45.7 Å². The van der Waals surface area contributed by atoms with Crippen LogP contribution in [0.1, 0.15) is 33.6 Å². The first-order valence-corrected chi connectivity index (χ1v) is 4.85. The van der Waals surface area contributed by atoms with Crippen LogP contribution in [0.15, 0.2) is 0 Å². The van der Waals surface area contributed by atoms with Crippen LogP contribution in [-0.2, 0) is 0 Å². The Morgan fingerprint density at radius 1 is 1.42 bits per heavy atom. The lowest BCUT2D eigenvalue weighted by atomic mass is 9.81. The van der Waals surface area contributed by atoms with E-state index in [0.29, 0.717) is 12.0 Å². The number of hydrogen-bond acceptors (Lipinski definition) is 1. The molecule has 1 atom stereocenters. The summed E-state index contributed by atoms with van der Waals surface area (Å²) in [5.41, 5.74) is 0. The van der Waals surface area contributed by atoms with Gasteiger partial charge in [-0.15, -0.1) is 6.42 Å². The van der Waals surface area contributed by atoms with Crippen molar-refractivity contribution in [1.29, 1.82) is 0 Å². The average Bonchev–Trinajstić information content (AvgIpc) is 1.95. The normalized spacial score (nSPS) is 30.9. The second kappa shape index (κ2) is 3.96. The number of terminal acetylenes is 1. The van der Waals surface area contributed by atoms with E-state index in [9.17, 15) is 0 Å². The van der Waals surface area contributed by atoms with Crippen LogP contribution in [0.25, 0.3) is 0 Å². The van der Waals surface area contributed by atoms with Gasteiger partial charge in [-0.3, -0.25) is 0 Å². The maximum Gasteiger partial charge on any atom is 0.0712 e. The maximum atomic E-state index is 5.42. The average molecular weight is 165 g/mol. The SMILES string of the molecule is C#CC(NC1CC(C)C1)C(C)C. The van der Waals surface area contributed by atoms with Gasteiger partial charge in [0.05, 0.1) is 6.04 Å². The van der Waals surface area contributed by atoms with Crippen LogP contribution in [-0.4, -0.2) is 12.1 Å². The Kier molecular flexibility index (Phi) is 3.17.